The van der Waals surface area contributed by atoms with Crippen LogP contribution in [0.3, 0.4) is 0 Å². The van der Waals surface area contributed by atoms with Crippen molar-refractivity contribution < 1.29 is 4.74 Å². The molecule has 0 N–H and O–H groups in total. The average molecular weight is 267 g/mol. The SMILES string of the molecule is CC1=C(C#N)C(c2cccs2)c2ccc(C)cc2O1. The van der Waals surface area contributed by atoms with Crippen LogP contribution in [-0.2, 0) is 0 Å². The maximum atomic E-state index is 9.43. The molecule has 3 rings (SSSR count). The zero-order chi connectivity index (χ0) is 13.4. The molecule has 2 nitrogen and oxygen atoms in total. The molecule has 1 aromatic carbocycles. The maximum absolute atomic E-state index is 9.43. The predicted octanol–water partition coefficient (Wildman–Crippen LogP) is 4.38. The molecule has 0 saturated carbocycles. The molecule has 0 radical (unpaired) electrons. The fourth-order valence-corrected chi connectivity index (χ4v) is 3.29. The van der Waals surface area contributed by atoms with Crippen molar-refractivity contribution >= 4 is 11.3 Å². The van der Waals surface area contributed by atoms with E-state index < -0.39 is 0 Å². The molecule has 0 aliphatic carbocycles. The number of hydrogen-bond acceptors (Lipinski definition) is 3. The first-order valence-corrected chi connectivity index (χ1v) is 7.01. The second kappa shape index (κ2) is 4.56. The van der Waals surface area contributed by atoms with Crippen molar-refractivity contribution in [3.05, 3.63) is 63.0 Å². The third-order valence-electron chi connectivity index (χ3n) is 3.36. The zero-order valence-electron chi connectivity index (χ0n) is 10.8. The van der Waals surface area contributed by atoms with Gasteiger partial charge in [-0.1, -0.05) is 18.2 Å². The van der Waals surface area contributed by atoms with Gasteiger partial charge in [-0.25, -0.2) is 0 Å². The highest BCUT2D eigenvalue weighted by molar-refractivity contribution is 7.10. The van der Waals surface area contributed by atoms with Gasteiger partial charge < -0.3 is 4.74 Å². The molecule has 94 valence electrons. The summed E-state index contributed by atoms with van der Waals surface area (Å²) in [6.07, 6.45) is 0. The zero-order valence-corrected chi connectivity index (χ0v) is 11.6. The molecule has 1 aliphatic rings. The number of hydrogen-bond donors (Lipinski definition) is 0. The second-order valence-corrected chi connectivity index (χ2v) is 5.65. The lowest BCUT2D eigenvalue weighted by Crippen LogP contribution is -2.14. The fourth-order valence-electron chi connectivity index (χ4n) is 2.44. The van der Waals surface area contributed by atoms with Crippen LogP contribution in [0.25, 0.3) is 0 Å². The first-order valence-electron chi connectivity index (χ1n) is 6.13. The molecule has 1 aromatic heterocycles. The standard InChI is InChI=1S/C16H13NOS/c1-10-5-6-12-14(8-10)18-11(2)13(9-17)16(12)15-4-3-7-19-15/h3-8,16H,1-2H3. The van der Waals surface area contributed by atoms with Crippen molar-refractivity contribution in [2.45, 2.75) is 19.8 Å². The number of nitriles is 1. The van der Waals surface area contributed by atoms with E-state index in [0.717, 1.165) is 16.9 Å². The van der Waals surface area contributed by atoms with Gasteiger partial charge in [0.05, 0.1) is 17.6 Å². The van der Waals surface area contributed by atoms with Crippen LogP contribution < -0.4 is 4.74 Å². The van der Waals surface area contributed by atoms with Crippen LogP contribution in [0.2, 0.25) is 0 Å². The molecule has 2 heterocycles. The van der Waals surface area contributed by atoms with Gasteiger partial charge >= 0.3 is 0 Å². The number of fused-ring (bicyclic) bond motifs is 1. The van der Waals surface area contributed by atoms with E-state index >= 15 is 0 Å². The Hall–Kier alpha value is -2.05. The number of allylic oxidation sites excluding steroid dienone is 2. The van der Waals surface area contributed by atoms with E-state index in [0.29, 0.717) is 11.3 Å². The first-order chi connectivity index (χ1) is 9.20. The van der Waals surface area contributed by atoms with Gasteiger partial charge in [0.15, 0.2) is 0 Å². The van der Waals surface area contributed by atoms with Gasteiger partial charge in [-0.05, 0) is 36.9 Å². The summed E-state index contributed by atoms with van der Waals surface area (Å²) in [7, 11) is 0. The highest BCUT2D eigenvalue weighted by Gasteiger charge is 2.30. The highest BCUT2D eigenvalue weighted by Crippen LogP contribution is 2.44. The number of thiophene rings is 1. The summed E-state index contributed by atoms with van der Waals surface area (Å²) in [5.74, 6) is 1.59. The smallest absolute Gasteiger partial charge is 0.131 e. The Morgan fingerprint density at radius 3 is 2.79 bits per heavy atom. The van der Waals surface area contributed by atoms with E-state index in [-0.39, 0.29) is 5.92 Å². The van der Waals surface area contributed by atoms with Crippen LogP contribution in [0, 0.1) is 18.3 Å². The lowest BCUT2D eigenvalue weighted by molar-refractivity contribution is 0.401. The van der Waals surface area contributed by atoms with Gasteiger partial charge in [0, 0.05) is 10.4 Å². The Morgan fingerprint density at radius 2 is 2.11 bits per heavy atom. The molecular weight excluding hydrogens is 254 g/mol. The molecule has 3 heteroatoms. The number of nitrogens with zero attached hydrogens (tertiary/aromatic N) is 1. The third-order valence-corrected chi connectivity index (χ3v) is 4.30. The molecular formula is C16H13NOS. The van der Waals surface area contributed by atoms with Crippen molar-refractivity contribution in [2.75, 3.05) is 0 Å². The van der Waals surface area contributed by atoms with Crippen LogP contribution in [0.1, 0.15) is 28.8 Å². The molecule has 0 bridgehead atoms. The Labute approximate surface area is 116 Å². The number of rotatable bonds is 1. The summed E-state index contributed by atoms with van der Waals surface area (Å²) < 4.78 is 5.81. The fraction of sp³-hybridized carbons (Fsp3) is 0.188. The Bertz CT molecular complexity index is 692. The van der Waals surface area contributed by atoms with E-state index in [1.54, 1.807) is 11.3 Å². The predicted molar refractivity (Wildman–Crippen MR) is 76.3 cm³/mol. The Kier molecular flexibility index (Phi) is 2.88. The minimum atomic E-state index is 0.00866. The van der Waals surface area contributed by atoms with Gasteiger partial charge in [-0.15, -0.1) is 11.3 Å². The van der Waals surface area contributed by atoms with Crippen LogP contribution >= 0.6 is 11.3 Å². The molecule has 2 aromatic rings. The lowest BCUT2D eigenvalue weighted by atomic mass is 9.87. The normalized spacial score (nSPS) is 17.6. The van der Waals surface area contributed by atoms with Crippen LogP contribution in [-0.4, -0.2) is 0 Å². The summed E-state index contributed by atoms with van der Waals surface area (Å²) in [5, 5.41) is 11.5. The minimum Gasteiger partial charge on any atom is -0.461 e. The minimum absolute atomic E-state index is 0.00866. The molecule has 19 heavy (non-hydrogen) atoms. The van der Waals surface area contributed by atoms with E-state index in [9.17, 15) is 5.26 Å². The van der Waals surface area contributed by atoms with Gasteiger partial charge in [0.1, 0.15) is 11.5 Å². The van der Waals surface area contributed by atoms with Gasteiger partial charge in [-0.2, -0.15) is 5.26 Å². The molecule has 0 amide bonds. The Morgan fingerprint density at radius 1 is 1.26 bits per heavy atom. The van der Waals surface area contributed by atoms with Gasteiger partial charge in [-0.3, -0.25) is 0 Å². The lowest BCUT2D eigenvalue weighted by Gasteiger charge is -2.26. The van der Waals surface area contributed by atoms with Crippen molar-refractivity contribution in [3.63, 3.8) is 0 Å². The molecule has 1 unspecified atom stereocenters. The number of aryl methyl sites for hydroxylation is 1. The summed E-state index contributed by atoms with van der Waals surface area (Å²) in [6.45, 7) is 3.91. The van der Waals surface area contributed by atoms with Crippen LogP contribution in [0.5, 0.6) is 5.75 Å². The highest BCUT2D eigenvalue weighted by atomic mass is 32.1. The van der Waals surface area contributed by atoms with E-state index in [2.05, 4.69) is 24.3 Å². The van der Waals surface area contributed by atoms with Crippen molar-refractivity contribution in [1.82, 2.24) is 0 Å². The van der Waals surface area contributed by atoms with Gasteiger partial charge in [0.2, 0.25) is 0 Å². The van der Waals surface area contributed by atoms with Gasteiger partial charge in [0.25, 0.3) is 0 Å². The first kappa shape index (κ1) is 12.0. The van der Waals surface area contributed by atoms with E-state index in [1.165, 1.54) is 4.88 Å². The van der Waals surface area contributed by atoms with Crippen LogP contribution in [0.4, 0.5) is 0 Å². The Balaban J connectivity index is 2.23. The van der Waals surface area contributed by atoms with Crippen molar-refractivity contribution in [2.24, 2.45) is 0 Å². The molecule has 0 spiro atoms. The quantitative estimate of drug-likeness (QED) is 0.768. The molecule has 0 saturated heterocycles. The molecule has 1 aliphatic heterocycles. The summed E-state index contributed by atoms with van der Waals surface area (Å²) >= 11 is 1.68. The number of ether oxygens (including phenoxy) is 1. The maximum Gasteiger partial charge on any atom is 0.131 e. The molecule has 0 fully saturated rings. The average Bonchev–Trinajstić information content (AvgIpc) is 2.90. The monoisotopic (exact) mass is 267 g/mol. The molecule has 1 atom stereocenters. The summed E-state index contributed by atoms with van der Waals surface area (Å²) in [5.41, 5.74) is 2.95. The van der Waals surface area contributed by atoms with Crippen molar-refractivity contribution in [1.29, 1.82) is 5.26 Å². The van der Waals surface area contributed by atoms with E-state index in [1.807, 2.05) is 31.4 Å². The largest absolute Gasteiger partial charge is 0.461 e. The van der Waals surface area contributed by atoms with E-state index in [4.69, 9.17) is 4.74 Å². The second-order valence-electron chi connectivity index (χ2n) is 4.67. The van der Waals surface area contributed by atoms with Crippen molar-refractivity contribution in [3.8, 4) is 11.8 Å². The summed E-state index contributed by atoms with van der Waals surface area (Å²) in [6, 6.07) is 12.6. The summed E-state index contributed by atoms with van der Waals surface area (Å²) in [4.78, 5) is 1.18. The van der Waals surface area contributed by atoms with Crippen LogP contribution in [0.15, 0.2) is 47.0 Å². The topological polar surface area (TPSA) is 33.0 Å². The third kappa shape index (κ3) is 1.94. The number of benzene rings is 1.